The average Bonchev–Trinajstić information content (AvgIpc) is 3.24. The SMILES string of the molecule is CCCCNc1ccc(-c2ccc3c(c2)c2c4ccccc4ccc2n3C2=CC=CCC2)cc1. The van der Waals surface area contributed by atoms with E-state index in [1.165, 1.54) is 67.9 Å². The molecule has 0 saturated heterocycles. The van der Waals surface area contributed by atoms with Crippen molar-refractivity contribution in [2.45, 2.75) is 32.6 Å². The minimum absolute atomic E-state index is 1.03. The molecule has 168 valence electrons. The van der Waals surface area contributed by atoms with Gasteiger partial charge in [-0.2, -0.15) is 0 Å². The molecule has 1 aliphatic carbocycles. The van der Waals surface area contributed by atoms with Crippen LogP contribution in [-0.4, -0.2) is 11.1 Å². The fourth-order valence-electron chi connectivity index (χ4n) is 5.25. The molecule has 0 spiro atoms. The average molecular weight is 443 g/mol. The lowest BCUT2D eigenvalue weighted by atomic mass is 10.00. The number of benzene rings is 4. The van der Waals surface area contributed by atoms with E-state index < -0.39 is 0 Å². The van der Waals surface area contributed by atoms with Crippen molar-refractivity contribution in [2.75, 3.05) is 11.9 Å². The first-order valence-corrected chi connectivity index (χ1v) is 12.5. The Balaban J connectivity index is 1.53. The molecule has 0 fully saturated rings. The van der Waals surface area contributed by atoms with Gasteiger partial charge in [-0.1, -0.05) is 74.0 Å². The smallest absolute Gasteiger partial charge is 0.0544 e. The second-order valence-electron chi connectivity index (χ2n) is 9.23. The third kappa shape index (κ3) is 3.60. The summed E-state index contributed by atoms with van der Waals surface area (Å²) in [5.41, 5.74) is 7.66. The molecule has 2 heteroatoms. The predicted octanol–water partition coefficient (Wildman–Crippen LogP) is 9.02. The van der Waals surface area contributed by atoms with Crippen molar-refractivity contribution in [1.29, 1.82) is 0 Å². The normalized spacial score (nSPS) is 13.6. The van der Waals surface area contributed by atoms with Crippen LogP contribution in [0, 0.1) is 0 Å². The highest BCUT2D eigenvalue weighted by Gasteiger charge is 2.17. The van der Waals surface area contributed by atoms with E-state index in [0.29, 0.717) is 0 Å². The summed E-state index contributed by atoms with van der Waals surface area (Å²) < 4.78 is 2.48. The van der Waals surface area contributed by atoms with E-state index in [1.54, 1.807) is 0 Å². The molecule has 1 N–H and O–H groups in total. The third-order valence-corrected chi connectivity index (χ3v) is 7.01. The Morgan fingerprint density at radius 3 is 2.47 bits per heavy atom. The topological polar surface area (TPSA) is 17.0 Å². The molecule has 0 radical (unpaired) electrons. The Labute approximate surface area is 201 Å². The monoisotopic (exact) mass is 442 g/mol. The van der Waals surface area contributed by atoms with E-state index in [2.05, 4.69) is 114 Å². The van der Waals surface area contributed by atoms with Crippen LogP contribution in [0.5, 0.6) is 0 Å². The molecule has 0 atom stereocenters. The Morgan fingerprint density at radius 2 is 1.65 bits per heavy atom. The zero-order valence-electron chi connectivity index (χ0n) is 19.7. The molecule has 0 amide bonds. The fraction of sp³-hybridized carbons (Fsp3) is 0.188. The molecular weight excluding hydrogens is 412 g/mol. The quantitative estimate of drug-likeness (QED) is 0.260. The lowest BCUT2D eigenvalue weighted by Crippen LogP contribution is -2.00. The number of hydrogen-bond acceptors (Lipinski definition) is 1. The number of anilines is 1. The summed E-state index contributed by atoms with van der Waals surface area (Å²) in [6.45, 7) is 3.25. The molecule has 1 aliphatic rings. The molecule has 0 saturated carbocycles. The molecular formula is C32H30N2. The van der Waals surface area contributed by atoms with Crippen LogP contribution in [0.1, 0.15) is 32.6 Å². The van der Waals surface area contributed by atoms with Gasteiger partial charge in [0.1, 0.15) is 0 Å². The zero-order valence-corrected chi connectivity index (χ0v) is 19.7. The van der Waals surface area contributed by atoms with Crippen LogP contribution in [-0.2, 0) is 0 Å². The van der Waals surface area contributed by atoms with Crippen LogP contribution >= 0.6 is 0 Å². The van der Waals surface area contributed by atoms with Crippen molar-refractivity contribution in [1.82, 2.24) is 4.57 Å². The van der Waals surface area contributed by atoms with Gasteiger partial charge in [-0.3, -0.25) is 0 Å². The minimum atomic E-state index is 1.03. The molecule has 1 heterocycles. The van der Waals surface area contributed by atoms with Crippen molar-refractivity contribution >= 4 is 44.0 Å². The van der Waals surface area contributed by atoms with Crippen molar-refractivity contribution in [3.05, 3.63) is 97.1 Å². The summed E-state index contributed by atoms with van der Waals surface area (Å²) in [5, 5.41) is 8.81. The summed E-state index contributed by atoms with van der Waals surface area (Å²) in [6.07, 6.45) is 11.3. The van der Waals surface area contributed by atoms with Gasteiger partial charge >= 0.3 is 0 Å². The fourth-order valence-corrected chi connectivity index (χ4v) is 5.25. The summed E-state index contributed by atoms with van der Waals surface area (Å²) in [6, 6.07) is 29.2. The second-order valence-corrected chi connectivity index (χ2v) is 9.23. The van der Waals surface area contributed by atoms with E-state index in [1.807, 2.05) is 0 Å². The van der Waals surface area contributed by atoms with Crippen LogP contribution < -0.4 is 5.32 Å². The minimum Gasteiger partial charge on any atom is -0.385 e. The number of aromatic nitrogens is 1. The van der Waals surface area contributed by atoms with Crippen molar-refractivity contribution in [3.8, 4) is 11.1 Å². The molecule has 0 unspecified atom stereocenters. The standard InChI is InChI=1S/C32H30N2/c1-2-3-21-33-26-17-13-23(14-18-26)25-16-19-30-29(22-25)32-28-12-8-7-9-24(28)15-20-31(32)34(30)27-10-5-4-6-11-27/h4-5,7-10,12-20,22,33H,2-3,6,11,21H2,1H3. The predicted molar refractivity (Wildman–Crippen MR) is 148 cm³/mol. The summed E-state index contributed by atoms with van der Waals surface area (Å²) in [4.78, 5) is 0. The first kappa shape index (κ1) is 20.8. The van der Waals surface area contributed by atoms with E-state index in [-0.39, 0.29) is 0 Å². The molecule has 34 heavy (non-hydrogen) atoms. The number of fused-ring (bicyclic) bond motifs is 5. The maximum Gasteiger partial charge on any atom is 0.0544 e. The number of rotatable bonds is 6. The lowest BCUT2D eigenvalue weighted by molar-refractivity contribution is 0.834. The van der Waals surface area contributed by atoms with Gasteiger partial charge in [0, 0.05) is 28.7 Å². The Hall–Kier alpha value is -3.78. The lowest BCUT2D eigenvalue weighted by Gasteiger charge is -2.14. The van der Waals surface area contributed by atoms with Gasteiger partial charge in [-0.25, -0.2) is 0 Å². The highest BCUT2D eigenvalue weighted by Crippen LogP contribution is 2.39. The van der Waals surface area contributed by atoms with Crippen LogP contribution in [0.2, 0.25) is 0 Å². The first-order valence-electron chi connectivity index (χ1n) is 12.5. The van der Waals surface area contributed by atoms with E-state index >= 15 is 0 Å². The molecule has 1 aromatic heterocycles. The summed E-state index contributed by atoms with van der Waals surface area (Å²) in [5.74, 6) is 0. The zero-order chi connectivity index (χ0) is 22.9. The van der Waals surface area contributed by atoms with Crippen molar-refractivity contribution in [2.24, 2.45) is 0 Å². The maximum atomic E-state index is 3.52. The highest BCUT2D eigenvalue weighted by atomic mass is 15.0. The van der Waals surface area contributed by atoms with Crippen LogP contribution in [0.15, 0.2) is 97.1 Å². The Kier molecular flexibility index (Phi) is 5.43. The van der Waals surface area contributed by atoms with E-state index in [4.69, 9.17) is 0 Å². The third-order valence-electron chi connectivity index (χ3n) is 7.01. The molecule has 5 aromatic rings. The summed E-state index contributed by atoms with van der Waals surface area (Å²) >= 11 is 0. The Bertz CT molecular complexity index is 1550. The van der Waals surface area contributed by atoms with Crippen molar-refractivity contribution < 1.29 is 0 Å². The number of nitrogens with one attached hydrogen (secondary N) is 1. The van der Waals surface area contributed by atoms with Gasteiger partial charge in [-0.05, 0) is 77.6 Å². The largest absolute Gasteiger partial charge is 0.385 e. The van der Waals surface area contributed by atoms with E-state index in [9.17, 15) is 0 Å². The van der Waals surface area contributed by atoms with Crippen LogP contribution in [0.3, 0.4) is 0 Å². The Morgan fingerprint density at radius 1 is 0.824 bits per heavy atom. The van der Waals surface area contributed by atoms with Crippen LogP contribution in [0.25, 0.3) is 49.4 Å². The van der Waals surface area contributed by atoms with Gasteiger partial charge in [0.25, 0.3) is 0 Å². The van der Waals surface area contributed by atoms with Gasteiger partial charge in [0.2, 0.25) is 0 Å². The second kappa shape index (κ2) is 8.87. The van der Waals surface area contributed by atoms with Gasteiger partial charge in [0.15, 0.2) is 0 Å². The van der Waals surface area contributed by atoms with Gasteiger partial charge < -0.3 is 9.88 Å². The number of unbranched alkanes of at least 4 members (excludes halogenated alkanes) is 1. The van der Waals surface area contributed by atoms with Crippen LogP contribution in [0.4, 0.5) is 5.69 Å². The molecule has 0 bridgehead atoms. The number of nitrogens with zero attached hydrogens (tertiary/aromatic N) is 1. The first-order chi connectivity index (χ1) is 16.8. The highest BCUT2D eigenvalue weighted by molar-refractivity contribution is 6.22. The van der Waals surface area contributed by atoms with E-state index in [0.717, 1.165) is 19.4 Å². The van der Waals surface area contributed by atoms with Gasteiger partial charge in [-0.15, -0.1) is 0 Å². The summed E-state index contributed by atoms with van der Waals surface area (Å²) in [7, 11) is 0. The molecule has 6 rings (SSSR count). The van der Waals surface area contributed by atoms with Gasteiger partial charge in [0.05, 0.1) is 11.0 Å². The molecule has 4 aromatic carbocycles. The molecule has 2 nitrogen and oxygen atoms in total. The maximum absolute atomic E-state index is 3.52. The molecule has 0 aliphatic heterocycles. The van der Waals surface area contributed by atoms with Crippen molar-refractivity contribution in [3.63, 3.8) is 0 Å². The number of allylic oxidation sites excluding steroid dienone is 4. The number of hydrogen-bond donors (Lipinski definition) is 1.